The Morgan fingerprint density at radius 2 is 2.09 bits per heavy atom. The Labute approximate surface area is 136 Å². The minimum absolute atomic E-state index is 0.270. The van der Waals surface area contributed by atoms with E-state index >= 15 is 0 Å². The summed E-state index contributed by atoms with van der Waals surface area (Å²) in [6.45, 7) is 3.02. The molecule has 2 aromatic rings. The standard InChI is InChI=1S/C17H22N4O2/c1-3-4-5-9-18-16-12-19-15(11-20-16)17(22)21-13-7-6-8-14(10-13)23-2/h6-8,10-12H,3-5,9H2,1-2H3,(H,18,20)(H,21,22). The lowest BCUT2D eigenvalue weighted by atomic mass is 10.2. The second kappa shape index (κ2) is 8.73. The summed E-state index contributed by atoms with van der Waals surface area (Å²) in [5.41, 5.74) is 0.921. The van der Waals surface area contributed by atoms with Gasteiger partial charge in [0.2, 0.25) is 0 Å². The molecule has 6 heteroatoms. The highest BCUT2D eigenvalue weighted by atomic mass is 16.5. The number of hydrogen-bond acceptors (Lipinski definition) is 5. The van der Waals surface area contributed by atoms with Gasteiger partial charge in [0.05, 0.1) is 19.5 Å². The largest absolute Gasteiger partial charge is 0.497 e. The molecule has 0 fully saturated rings. The normalized spacial score (nSPS) is 10.2. The van der Waals surface area contributed by atoms with E-state index in [0.29, 0.717) is 17.3 Å². The van der Waals surface area contributed by atoms with Gasteiger partial charge in [0, 0.05) is 18.3 Å². The van der Waals surface area contributed by atoms with Crippen molar-refractivity contribution in [1.82, 2.24) is 9.97 Å². The molecule has 0 saturated carbocycles. The van der Waals surface area contributed by atoms with Crippen molar-refractivity contribution < 1.29 is 9.53 Å². The summed E-state index contributed by atoms with van der Waals surface area (Å²) in [7, 11) is 1.58. The van der Waals surface area contributed by atoms with Crippen LogP contribution in [0.1, 0.15) is 36.7 Å². The predicted octanol–water partition coefficient (Wildman–Crippen LogP) is 3.34. The lowest BCUT2D eigenvalue weighted by Gasteiger charge is -2.07. The van der Waals surface area contributed by atoms with Crippen molar-refractivity contribution in [3.8, 4) is 5.75 Å². The quantitative estimate of drug-likeness (QED) is 0.731. The molecule has 122 valence electrons. The number of nitrogens with one attached hydrogen (secondary N) is 2. The number of nitrogens with zero attached hydrogens (tertiary/aromatic N) is 2. The number of unbranched alkanes of at least 4 members (excludes halogenated alkanes) is 2. The first-order valence-electron chi connectivity index (χ1n) is 7.74. The molecule has 1 aromatic heterocycles. The van der Waals surface area contributed by atoms with Gasteiger partial charge < -0.3 is 15.4 Å². The first-order chi connectivity index (χ1) is 11.2. The Morgan fingerprint density at radius 3 is 2.78 bits per heavy atom. The number of amides is 1. The van der Waals surface area contributed by atoms with Crippen molar-refractivity contribution in [2.75, 3.05) is 24.3 Å². The number of carbonyl (C=O) groups is 1. The van der Waals surface area contributed by atoms with Crippen molar-refractivity contribution in [2.24, 2.45) is 0 Å². The van der Waals surface area contributed by atoms with Crippen LogP contribution in [0.3, 0.4) is 0 Å². The third-order valence-corrected chi connectivity index (χ3v) is 3.30. The van der Waals surface area contributed by atoms with Crippen molar-refractivity contribution in [3.05, 3.63) is 42.4 Å². The van der Waals surface area contributed by atoms with Gasteiger partial charge in [-0.05, 0) is 18.6 Å². The number of benzene rings is 1. The third-order valence-electron chi connectivity index (χ3n) is 3.30. The fourth-order valence-electron chi connectivity index (χ4n) is 2.02. The zero-order valence-corrected chi connectivity index (χ0v) is 13.5. The van der Waals surface area contributed by atoms with E-state index in [1.165, 1.54) is 19.0 Å². The molecule has 23 heavy (non-hydrogen) atoms. The van der Waals surface area contributed by atoms with E-state index in [4.69, 9.17) is 4.74 Å². The van der Waals surface area contributed by atoms with E-state index in [9.17, 15) is 4.79 Å². The molecular weight excluding hydrogens is 292 g/mol. The van der Waals surface area contributed by atoms with Crippen LogP contribution in [0.4, 0.5) is 11.5 Å². The van der Waals surface area contributed by atoms with Gasteiger partial charge in [-0.25, -0.2) is 9.97 Å². The van der Waals surface area contributed by atoms with Crippen LogP contribution in [-0.4, -0.2) is 29.5 Å². The Hall–Kier alpha value is -2.63. The summed E-state index contributed by atoms with van der Waals surface area (Å²) in [4.78, 5) is 20.5. The van der Waals surface area contributed by atoms with Crippen LogP contribution in [0.2, 0.25) is 0 Å². The Balaban J connectivity index is 1.91. The molecule has 2 rings (SSSR count). The lowest BCUT2D eigenvalue weighted by Crippen LogP contribution is -2.14. The first-order valence-corrected chi connectivity index (χ1v) is 7.74. The maximum Gasteiger partial charge on any atom is 0.275 e. The molecule has 0 radical (unpaired) electrons. The highest BCUT2D eigenvalue weighted by Gasteiger charge is 2.09. The molecule has 0 bridgehead atoms. The Bertz CT molecular complexity index is 629. The number of anilines is 2. The van der Waals surface area contributed by atoms with E-state index in [0.717, 1.165) is 13.0 Å². The van der Waals surface area contributed by atoms with Crippen LogP contribution >= 0.6 is 0 Å². The summed E-state index contributed by atoms with van der Waals surface area (Å²) in [6.07, 6.45) is 6.50. The molecule has 1 heterocycles. The second-order valence-corrected chi connectivity index (χ2v) is 5.11. The van der Waals surface area contributed by atoms with Crippen molar-refractivity contribution >= 4 is 17.4 Å². The topological polar surface area (TPSA) is 76.1 Å². The summed E-state index contributed by atoms with van der Waals surface area (Å²) in [6, 6.07) is 7.16. The molecule has 0 saturated heterocycles. The van der Waals surface area contributed by atoms with Gasteiger partial charge in [0.15, 0.2) is 0 Å². The summed E-state index contributed by atoms with van der Waals surface area (Å²) in [5, 5.41) is 5.96. The third kappa shape index (κ3) is 5.25. The number of methoxy groups -OCH3 is 1. The van der Waals surface area contributed by atoms with Crippen LogP contribution in [-0.2, 0) is 0 Å². The fourth-order valence-corrected chi connectivity index (χ4v) is 2.02. The summed E-state index contributed by atoms with van der Waals surface area (Å²) < 4.78 is 5.13. The van der Waals surface area contributed by atoms with Gasteiger partial charge in [-0.2, -0.15) is 0 Å². The van der Waals surface area contributed by atoms with Gasteiger partial charge >= 0.3 is 0 Å². The van der Waals surface area contributed by atoms with Gasteiger partial charge in [-0.3, -0.25) is 4.79 Å². The number of ether oxygens (including phenoxy) is 1. The molecule has 2 N–H and O–H groups in total. The lowest BCUT2D eigenvalue weighted by molar-refractivity contribution is 0.102. The maximum atomic E-state index is 12.1. The average molecular weight is 314 g/mol. The van der Waals surface area contributed by atoms with Gasteiger partial charge in [-0.1, -0.05) is 25.8 Å². The zero-order chi connectivity index (χ0) is 16.5. The number of carbonyl (C=O) groups excluding carboxylic acids is 1. The highest BCUT2D eigenvalue weighted by molar-refractivity contribution is 6.02. The SMILES string of the molecule is CCCCCNc1cnc(C(=O)Nc2cccc(OC)c2)cn1. The molecule has 6 nitrogen and oxygen atoms in total. The fraction of sp³-hybridized carbons (Fsp3) is 0.353. The molecule has 0 unspecified atom stereocenters. The van der Waals surface area contributed by atoms with E-state index < -0.39 is 0 Å². The highest BCUT2D eigenvalue weighted by Crippen LogP contribution is 2.17. The molecule has 0 aliphatic rings. The smallest absolute Gasteiger partial charge is 0.275 e. The predicted molar refractivity (Wildman–Crippen MR) is 91.0 cm³/mol. The van der Waals surface area contributed by atoms with E-state index in [1.807, 2.05) is 12.1 Å². The van der Waals surface area contributed by atoms with Crippen molar-refractivity contribution in [1.29, 1.82) is 0 Å². The van der Waals surface area contributed by atoms with Gasteiger partial charge in [0.1, 0.15) is 17.3 Å². The first kappa shape index (κ1) is 16.7. The number of hydrogen-bond donors (Lipinski definition) is 2. The van der Waals surface area contributed by atoms with E-state index in [2.05, 4.69) is 27.5 Å². The Kier molecular flexibility index (Phi) is 6.35. The average Bonchev–Trinajstić information content (AvgIpc) is 2.59. The van der Waals surface area contributed by atoms with Crippen molar-refractivity contribution in [3.63, 3.8) is 0 Å². The minimum atomic E-state index is -0.303. The number of aromatic nitrogens is 2. The molecule has 0 atom stereocenters. The van der Waals surface area contributed by atoms with Crippen LogP contribution in [0.15, 0.2) is 36.7 Å². The molecule has 0 aliphatic carbocycles. The molecule has 1 aromatic carbocycles. The maximum absolute atomic E-state index is 12.1. The van der Waals surface area contributed by atoms with E-state index in [-0.39, 0.29) is 11.6 Å². The molecule has 0 aliphatic heterocycles. The van der Waals surface area contributed by atoms with Crippen LogP contribution < -0.4 is 15.4 Å². The monoisotopic (exact) mass is 314 g/mol. The summed E-state index contributed by atoms with van der Waals surface area (Å²) >= 11 is 0. The second-order valence-electron chi connectivity index (χ2n) is 5.11. The Morgan fingerprint density at radius 1 is 1.22 bits per heavy atom. The van der Waals surface area contributed by atoms with Crippen LogP contribution in [0.25, 0.3) is 0 Å². The summed E-state index contributed by atoms with van der Waals surface area (Å²) in [5.74, 6) is 1.06. The number of rotatable bonds is 8. The molecule has 0 spiro atoms. The van der Waals surface area contributed by atoms with Crippen LogP contribution in [0.5, 0.6) is 5.75 Å². The van der Waals surface area contributed by atoms with E-state index in [1.54, 1.807) is 25.4 Å². The zero-order valence-electron chi connectivity index (χ0n) is 13.5. The van der Waals surface area contributed by atoms with Crippen molar-refractivity contribution in [2.45, 2.75) is 26.2 Å². The van der Waals surface area contributed by atoms with Gasteiger partial charge in [0.25, 0.3) is 5.91 Å². The van der Waals surface area contributed by atoms with Crippen LogP contribution in [0, 0.1) is 0 Å². The van der Waals surface area contributed by atoms with Gasteiger partial charge in [-0.15, -0.1) is 0 Å². The molecular formula is C17H22N4O2. The molecule has 1 amide bonds. The minimum Gasteiger partial charge on any atom is -0.497 e.